The Labute approximate surface area is 207 Å². The average molecular weight is 512 g/mol. The minimum atomic E-state index is -3.80. The van der Waals surface area contributed by atoms with Gasteiger partial charge < -0.3 is 19.9 Å². The molecule has 2 aromatic carbocycles. The zero-order valence-electron chi connectivity index (χ0n) is 20.3. The Balaban J connectivity index is 1.98. The minimum absolute atomic E-state index is 0.00186. The zero-order valence-corrected chi connectivity index (χ0v) is 21.0. The fourth-order valence-electron chi connectivity index (χ4n) is 3.56. The highest BCUT2D eigenvalue weighted by molar-refractivity contribution is 6.32. The molecule has 35 heavy (non-hydrogen) atoms. The van der Waals surface area contributed by atoms with Crippen molar-refractivity contribution in [1.29, 1.82) is 0 Å². The highest BCUT2D eigenvalue weighted by atomic mass is 35.5. The Kier molecular flexibility index (Phi) is 8.14. The highest BCUT2D eigenvalue weighted by Gasteiger charge is 2.49. The van der Waals surface area contributed by atoms with Crippen LogP contribution >= 0.6 is 11.6 Å². The lowest BCUT2D eigenvalue weighted by Gasteiger charge is -2.30. The molecule has 3 rings (SSSR count). The van der Waals surface area contributed by atoms with Crippen LogP contribution in [0.1, 0.15) is 50.7 Å². The van der Waals surface area contributed by atoms with E-state index in [-0.39, 0.29) is 5.56 Å². The predicted molar refractivity (Wildman–Crippen MR) is 130 cm³/mol. The van der Waals surface area contributed by atoms with Crippen LogP contribution in [0.4, 0.5) is 19.0 Å². The molecule has 1 atom stereocenters. The molecule has 1 aromatic heterocycles. The second kappa shape index (κ2) is 10.6. The zero-order chi connectivity index (χ0) is 26.0. The van der Waals surface area contributed by atoms with Gasteiger partial charge in [0.25, 0.3) is 0 Å². The first-order chi connectivity index (χ1) is 16.4. The number of halogens is 4. The molecule has 2 N–H and O–H groups in total. The van der Waals surface area contributed by atoms with Crippen molar-refractivity contribution in [1.82, 2.24) is 9.97 Å². The normalized spacial score (nSPS) is 13.2. The van der Waals surface area contributed by atoms with Gasteiger partial charge in [-0.3, -0.25) is 0 Å². The van der Waals surface area contributed by atoms with Crippen molar-refractivity contribution in [2.45, 2.75) is 52.2 Å². The lowest BCUT2D eigenvalue weighted by molar-refractivity contribution is -0.170. The van der Waals surface area contributed by atoms with E-state index in [9.17, 15) is 13.9 Å². The van der Waals surface area contributed by atoms with Crippen molar-refractivity contribution in [3.05, 3.63) is 58.1 Å². The molecule has 0 saturated heterocycles. The molecule has 1 heterocycles. The van der Waals surface area contributed by atoms with Gasteiger partial charge in [-0.2, -0.15) is 8.78 Å². The van der Waals surface area contributed by atoms with Crippen molar-refractivity contribution in [3.8, 4) is 5.75 Å². The number of fused-ring (bicyclic) bond motifs is 1. The smallest absolute Gasteiger partial charge is 0.303 e. The number of aliphatic hydroxyl groups is 1. The molecule has 0 amide bonds. The number of rotatable bonds is 10. The van der Waals surface area contributed by atoms with Crippen LogP contribution in [0.3, 0.4) is 0 Å². The third-order valence-electron chi connectivity index (χ3n) is 5.51. The summed E-state index contributed by atoms with van der Waals surface area (Å²) in [4.78, 5) is 8.83. The monoisotopic (exact) mass is 511 g/mol. The number of nitrogens with zero attached hydrogens (tertiary/aromatic N) is 2. The number of hydrogen-bond donors (Lipinski definition) is 2. The molecular weight excluding hydrogens is 483 g/mol. The van der Waals surface area contributed by atoms with Gasteiger partial charge in [0, 0.05) is 17.6 Å². The molecule has 0 aliphatic heterocycles. The SMILES string of the molecule is CCOCCOc1cc2c(N[C@H](C)c3cccc(C(F)(F)C(C)(C)O)c3F)nc(C)nc2cc1Cl. The van der Waals surface area contributed by atoms with Gasteiger partial charge in [0.1, 0.15) is 35.4 Å². The van der Waals surface area contributed by atoms with Crippen molar-refractivity contribution >= 4 is 28.3 Å². The molecule has 3 aromatic rings. The molecule has 0 bridgehead atoms. The summed E-state index contributed by atoms with van der Waals surface area (Å²) in [6.07, 6.45) is 0. The molecule has 0 fully saturated rings. The maximum atomic E-state index is 15.3. The number of aryl methyl sites for hydroxylation is 1. The third-order valence-corrected chi connectivity index (χ3v) is 5.80. The van der Waals surface area contributed by atoms with Gasteiger partial charge in [0.2, 0.25) is 0 Å². The summed E-state index contributed by atoms with van der Waals surface area (Å²) in [6, 6.07) is 6.28. The minimum Gasteiger partial charge on any atom is -0.490 e. The molecule has 0 saturated carbocycles. The van der Waals surface area contributed by atoms with Crippen LogP contribution in [0.5, 0.6) is 5.75 Å². The predicted octanol–water partition coefficient (Wildman–Crippen LogP) is 6.18. The summed E-state index contributed by atoms with van der Waals surface area (Å²) in [5.74, 6) is -3.69. The third kappa shape index (κ3) is 5.79. The molecule has 0 aliphatic carbocycles. The maximum Gasteiger partial charge on any atom is 0.303 e. The quantitative estimate of drug-likeness (QED) is 0.316. The van der Waals surface area contributed by atoms with Gasteiger partial charge in [-0.05, 0) is 52.8 Å². The van der Waals surface area contributed by atoms with E-state index in [1.54, 1.807) is 26.0 Å². The molecule has 0 unspecified atom stereocenters. The maximum absolute atomic E-state index is 15.3. The van der Waals surface area contributed by atoms with Gasteiger partial charge in [-0.25, -0.2) is 14.4 Å². The summed E-state index contributed by atoms with van der Waals surface area (Å²) in [6.45, 7) is 8.33. The van der Waals surface area contributed by atoms with Crippen molar-refractivity contribution in [3.63, 3.8) is 0 Å². The first kappa shape index (κ1) is 27.0. The van der Waals surface area contributed by atoms with E-state index in [0.29, 0.717) is 53.1 Å². The largest absolute Gasteiger partial charge is 0.490 e. The summed E-state index contributed by atoms with van der Waals surface area (Å²) in [5, 5.41) is 13.9. The topological polar surface area (TPSA) is 76.5 Å². The molecule has 10 heteroatoms. The number of nitrogens with one attached hydrogen (secondary N) is 1. The van der Waals surface area contributed by atoms with Crippen LogP contribution in [0.25, 0.3) is 10.9 Å². The fourth-order valence-corrected chi connectivity index (χ4v) is 3.77. The number of anilines is 1. The Morgan fingerprint density at radius 3 is 2.54 bits per heavy atom. The second-order valence-electron chi connectivity index (χ2n) is 8.67. The van der Waals surface area contributed by atoms with E-state index >= 15 is 4.39 Å². The number of ether oxygens (including phenoxy) is 2. The lowest BCUT2D eigenvalue weighted by atomic mass is 9.91. The van der Waals surface area contributed by atoms with Gasteiger partial charge >= 0.3 is 5.92 Å². The van der Waals surface area contributed by atoms with Gasteiger partial charge in [-0.1, -0.05) is 23.7 Å². The van der Waals surface area contributed by atoms with Crippen LogP contribution < -0.4 is 10.1 Å². The molecule has 0 spiro atoms. The second-order valence-corrected chi connectivity index (χ2v) is 9.08. The summed E-state index contributed by atoms with van der Waals surface area (Å²) >= 11 is 6.35. The number of benzene rings is 2. The van der Waals surface area contributed by atoms with Gasteiger partial charge in [0.15, 0.2) is 0 Å². The van der Waals surface area contributed by atoms with Crippen LogP contribution in [-0.2, 0) is 10.7 Å². The van der Waals surface area contributed by atoms with Crippen molar-refractivity contribution in [2.24, 2.45) is 0 Å². The van der Waals surface area contributed by atoms with E-state index in [0.717, 1.165) is 19.9 Å². The van der Waals surface area contributed by atoms with E-state index in [4.69, 9.17) is 21.1 Å². The van der Waals surface area contributed by atoms with Crippen LogP contribution in [0, 0.1) is 12.7 Å². The van der Waals surface area contributed by atoms with Crippen LogP contribution in [-0.4, -0.2) is 40.5 Å². The molecular formula is C25H29ClF3N3O3. The first-order valence-electron chi connectivity index (χ1n) is 11.2. The van der Waals surface area contributed by atoms with E-state index in [2.05, 4.69) is 15.3 Å². The van der Waals surface area contributed by atoms with Crippen molar-refractivity contribution < 1.29 is 27.8 Å². The van der Waals surface area contributed by atoms with E-state index in [1.807, 2.05) is 6.92 Å². The Bertz CT molecular complexity index is 1200. The van der Waals surface area contributed by atoms with E-state index in [1.165, 1.54) is 12.1 Å². The highest BCUT2D eigenvalue weighted by Crippen LogP contribution is 2.41. The van der Waals surface area contributed by atoms with Crippen LogP contribution in [0.2, 0.25) is 5.02 Å². The average Bonchev–Trinajstić information content (AvgIpc) is 2.76. The Hall–Kier alpha value is -2.62. The number of aromatic nitrogens is 2. The molecule has 190 valence electrons. The fraction of sp³-hybridized carbons (Fsp3) is 0.440. The Morgan fingerprint density at radius 1 is 1.17 bits per heavy atom. The summed E-state index contributed by atoms with van der Waals surface area (Å²) in [5.41, 5.74) is -2.78. The lowest BCUT2D eigenvalue weighted by Crippen LogP contribution is -2.41. The first-order valence-corrected chi connectivity index (χ1v) is 11.6. The van der Waals surface area contributed by atoms with Gasteiger partial charge in [0.05, 0.1) is 28.8 Å². The van der Waals surface area contributed by atoms with Crippen LogP contribution in [0.15, 0.2) is 30.3 Å². The summed E-state index contributed by atoms with van der Waals surface area (Å²) in [7, 11) is 0. The van der Waals surface area contributed by atoms with E-state index < -0.39 is 28.9 Å². The molecule has 6 nitrogen and oxygen atoms in total. The molecule has 0 aliphatic rings. The Morgan fingerprint density at radius 2 is 1.89 bits per heavy atom. The standard InChI is InChI=1S/C25H29ClF3N3O3/c1-6-34-10-11-35-21-12-17-20(13-19(21)26)31-15(3)32-23(17)30-14(2)16-8-7-9-18(22(16)27)25(28,29)24(4,5)33/h7-9,12-14,33H,6,10-11H2,1-5H3,(H,30,31,32)/t14-/m1/s1. The van der Waals surface area contributed by atoms with Gasteiger partial charge in [-0.15, -0.1) is 0 Å². The number of alkyl halides is 2. The summed E-state index contributed by atoms with van der Waals surface area (Å²) < 4.78 is 55.7. The number of hydrogen-bond acceptors (Lipinski definition) is 6. The molecule has 0 radical (unpaired) electrons. The van der Waals surface area contributed by atoms with Crippen molar-refractivity contribution in [2.75, 3.05) is 25.1 Å².